The largest absolute Gasteiger partial charge is 0.478 e. The first kappa shape index (κ1) is 31.9. The Morgan fingerprint density at radius 2 is 1.49 bits per heavy atom. The summed E-state index contributed by atoms with van der Waals surface area (Å²) >= 11 is 0.812. The van der Waals surface area contributed by atoms with E-state index < -0.39 is 17.9 Å². The molecule has 3 aromatic carbocycles. The van der Waals surface area contributed by atoms with Crippen LogP contribution in [0.25, 0.3) is 10.9 Å². The van der Waals surface area contributed by atoms with E-state index in [4.69, 9.17) is 0 Å². The highest BCUT2D eigenvalue weighted by atomic mass is 32.2. The smallest absolute Gasteiger partial charge is 0.338 e. The van der Waals surface area contributed by atoms with Crippen molar-refractivity contribution in [3.05, 3.63) is 131 Å². The summed E-state index contributed by atoms with van der Waals surface area (Å²) in [5, 5.41) is 10.7. The van der Waals surface area contributed by atoms with Gasteiger partial charge < -0.3 is 15.0 Å². The molecule has 2 aromatic heterocycles. The second kappa shape index (κ2) is 13.7. The molecule has 5 aromatic rings. The molecule has 0 radical (unpaired) electrons. The Morgan fingerprint density at radius 3 is 2.09 bits per heavy atom. The van der Waals surface area contributed by atoms with Crippen LogP contribution in [0.15, 0.2) is 102 Å². The zero-order valence-electron chi connectivity index (χ0n) is 25.3. The Bertz CT molecular complexity index is 1830. The van der Waals surface area contributed by atoms with Gasteiger partial charge in [-0.05, 0) is 66.6 Å². The van der Waals surface area contributed by atoms with Gasteiger partial charge in [0.15, 0.2) is 0 Å². The number of piperazine rings is 1. The van der Waals surface area contributed by atoms with E-state index in [1.54, 1.807) is 42.2 Å². The van der Waals surface area contributed by atoms with Crippen LogP contribution in [-0.2, 0) is 4.79 Å². The first-order valence-electron chi connectivity index (χ1n) is 15.0. The molecule has 3 heterocycles. The van der Waals surface area contributed by atoms with Crippen LogP contribution in [0.1, 0.15) is 44.9 Å². The number of carbonyl (C=O) groups is 3. The molecule has 240 valence electrons. The summed E-state index contributed by atoms with van der Waals surface area (Å²) in [6.07, 6.45) is 1.44. The number of halogens is 2. The Morgan fingerprint density at radius 1 is 0.872 bits per heavy atom. The number of para-hydroxylation sites is 1. The van der Waals surface area contributed by atoms with Crippen LogP contribution < -0.4 is 0 Å². The average Bonchev–Trinajstić information content (AvgIpc) is 3.53. The van der Waals surface area contributed by atoms with E-state index in [-0.39, 0.29) is 39.9 Å². The van der Waals surface area contributed by atoms with Crippen LogP contribution in [0, 0.1) is 11.6 Å². The number of nitrogens with zero attached hydrogens (tertiary/aromatic N) is 4. The SMILES string of the molecule is C[C@H](C(=O)N1CCN(C(c2ccc(F)cc2)c2ccc(F)cc2)CC1)N(Sc1ncccc1C(=O)O)C(=O)c1cc2ccccc2[nH]1. The van der Waals surface area contributed by atoms with Crippen LogP contribution in [0.5, 0.6) is 0 Å². The normalized spacial score (nSPS) is 14.3. The summed E-state index contributed by atoms with van der Waals surface area (Å²) < 4.78 is 28.8. The quantitative estimate of drug-likeness (QED) is 0.187. The third-order valence-corrected chi connectivity index (χ3v) is 9.40. The summed E-state index contributed by atoms with van der Waals surface area (Å²) in [6, 6.07) is 23.1. The van der Waals surface area contributed by atoms with Gasteiger partial charge in [-0.15, -0.1) is 0 Å². The van der Waals surface area contributed by atoms with Gasteiger partial charge in [0.1, 0.15) is 28.4 Å². The number of benzene rings is 3. The van der Waals surface area contributed by atoms with Gasteiger partial charge in [0.25, 0.3) is 5.91 Å². The molecule has 1 atom stereocenters. The molecular weight excluding hydrogens is 624 g/mol. The van der Waals surface area contributed by atoms with Crippen molar-refractivity contribution in [3.63, 3.8) is 0 Å². The number of aromatic carboxylic acids is 1. The number of hydrogen-bond acceptors (Lipinski definition) is 6. The van der Waals surface area contributed by atoms with E-state index in [1.165, 1.54) is 46.9 Å². The summed E-state index contributed by atoms with van der Waals surface area (Å²) in [5.74, 6) is -2.73. The minimum absolute atomic E-state index is 0.0790. The fourth-order valence-electron chi connectivity index (χ4n) is 5.79. The minimum Gasteiger partial charge on any atom is -0.478 e. The molecular formula is C35H31F2N5O4S. The zero-order chi connectivity index (χ0) is 33.1. The predicted molar refractivity (Wildman–Crippen MR) is 174 cm³/mol. The Balaban J connectivity index is 1.24. The van der Waals surface area contributed by atoms with Gasteiger partial charge in [-0.25, -0.2) is 18.6 Å². The van der Waals surface area contributed by atoms with Crippen molar-refractivity contribution < 1.29 is 28.3 Å². The highest BCUT2D eigenvalue weighted by Gasteiger charge is 2.36. The van der Waals surface area contributed by atoms with Crippen molar-refractivity contribution in [2.45, 2.75) is 24.0 Å². The van der Waals surface area contributed by atoms with Gasteiger partial charge in [0.05, 0.1) is 11.6 Å². The number of amides is 2. The van der Waals surface area contributed by atoms with Crippen molar-refractivity contribution >= 4 is 40.6 Å². The molecule has 9 nitrogen and oxygen atoms in total. The van der Waals surface area contributed by atoms with Crippen molar-refractivity contribution in [2.75, 3.05) is 26.2 Å². The highest BCUT2D eigenvalue weighted by molar-refractivity contribution is 7.97. The van der Waals surface area contributed by atoms with Gasteiger partial charge in [0.2, 0.25) is 5.91 Å². The molecule has 6 rings (SSSR count). The van der Waals surface area contributed by atoms with Gasteiger partial charge >= 0.3 is 5.97 Å². The van der Waals surface area contributed by atoms with E-state index in [0.29, 0.717) is 26.2 Å². The van der Waals surface area contributed by atoms with Crippen molar-refractivity contribution in [2.24, 2.45) is 0 Å². The lowest BCUT2D eigenvalue weighted by Gasteiger charge is -2.41. The first-order chi connectivity index (χ1) is 22.7. The minimum atomic E-state index is -1.20. The average molecular weight is 656 g/mol. The van der Waals surface area contributed by atoms with Gasteiger partial charge in [-0.1, -0.05) is 42.5 Å². The van der Waals surface area contributed by atoms with E-state index in [9.17, 15) is 28.3 Å². The first-order valence-corrected chi connectivity index (χ1v) is 15.8. The number of rotatable bonds is 9. The number of pyridine rings is 1. The van der Waals surface area contributed by atoms with Crippen LogP contribution in [0.4, 0.5) is 8.78 Å². The highest BCUT2D eigenvalue weighted by Crippen LogP contribution is 2.32. The molecule has 1 saturated heterocycles. The number of fused-ring (bicyclic) bond motifs is 1. The summed E-state index contributed by atoms with van der Waals surface area (Å²) in [7, 11) is 0. The number of carboxylic acids is 1. The van der Waals surface area contributed by atoms with Crippen LogP contribution in [0.2, 0.25) is 0 Å². The van der Waals surface area contributed by atoms with Crippen molar-refractivity contribution in [3.8, 4) is 0 Å². The zero-order valence-corrected chi connectivity index (χ0v) is 26.2. The lowest BCUT2D eigenvalue weighted by atomic mass is 9.96. The maximum absolute atomic E-state index is 14.0. The topological polar surface area (TPSA) is 110 Å². The maximum atomic E-state index is 14.0. The number of nitrogens with one attached hydrogen (secondary N) is 1. The van der Waals surface area contributed by atoms with Gasteiger partial charge in [-0.3, -0.25) is 18.8 Å². The molecule has 12 heteroatoms. The molecule has 47 heavy (non-hydrogen) atoms. The van der Waals surface area contributed by atoms with Crippen LogP contribution in [0.3, 0.4) is 0 Å². The lowest BCUT2D eigenvalue weighted by molar-refractivity contribution is -0.136. The number of carboxylic acid groups (broad SMARTS) is 1. The summed E-state index contributed by atoms with van der Waals surface area (Å²) in [5.41, 5.74) is 2.58. The van der Waals surface area contributed by atoms with Crippen molar-refractivity contribution in [1.29, 1.82) is 0 Å². The fraction of sp³-hybridized carbons (Fsp3) is 0.200. The molecule has 2 amide bonds. The van der Waals surface area contributed by atoms with E-state index in [1.807, 2.05) is 24.3 Å². The van der Waals surface area contributed by atoms with Gasteiger partial charge in [-0.2, -0.15) is 0 Å². The summed E-state index contributed by atoms with van der Waals surface area (Å²) in [4.78, 5) is 51.1. The van der Waals surface area contributed by atoms with Crippen LogP contribution in [-0.4, -0.2) is 79.2 Å². The molecule has 1 fully saturated rings. The number of hydrogen-bond donors (Lipinski definition) is 2. The Kier molecular flexibility index (Phi) is 9.32. The molecule has 0 bridgehead atoms. The Hall–Kier alpha value is -5.07. The van der Waals surface area contributed by atoms with Crippen molar-refractivity contribution in [1.82, 2.24) is 24.1 Å². The molecule has 0 aliphatic carbocycles. The van der Waals surface area contributed by atoms with E-state index in [0.717, 1.165) is 34.0 Å². The summed E-state index contributed by atoms with van der Waals surface area (Å²) in [6.45, 7) is 3.22. The molecule has 0 spiro atoms. The third-order valence-electron chi connectivity index (χ3n) is 8.22. The monoisotopic (exact) mass is 655 g/mol. The fourth-order valence-corrected chi connectivity index (χ4v) is 6.77. The Labute approximate surface area is 274 Å². The maximum Gasteiger partial charge on any atom is 0.338 e. The molecule has 1 aliphatic rings. The predicted octanol–water partition coefficient (Wildman–Crippen LogP) is 6.01. The number of H-pyrrole nitrogens is 1. The molecule has 0 saturated carbocycles. The second-order valence-electron chi connectivity index (χ2n) is 11.2. The second-order valence-corrected chi connectivity index (χ2v) is 12.2. The van der Waals surface area contributed by atoms with Crippen LogP contribution >= 0.6 is 11.9 Å². The van der Waals surface area contributed by atoms with E-state index >= 15 is 0 Å². The number of carbonyl (C=O) groups excluding carboxylic acids is 2. The van der Waals surface area contributed by atoms with E-state index in [2.05, 4.69) is 14.9 Å². The number of aromatic nitrogens is 2. The molecule has 1 aliphatic heterocycles. The standard InChI is InChI=1S/C35H31F2N5O4S/c1-22(42(47-32-28(35(45)46)6-4-16-38-32)34(44)30-21-25-5-2-3-7-29(25)39-30)33(43)41-19-17-40(18-20-41)31(23-8-12-26(36)13-9-23)24-10-14-27(37)15-11-24/h2-16,21-22,31,39H,17-20H2,1H3,(H,45,46)/t22-/m1/s1. The number of aromatic amines is 1. The van der Waals surface area contributed by atoms with Gasteiger partial charge in [0, 0.05) is 55.2 Å². The lowest BCUT2D eigenvalue weighted by Crippen LogP contribution is -2.54. The molecule has 2 N–H and O–H groups in total. The third kappa shape index (κ3) is 6.88. The molecule has 0 unspecified atom stereocenters.